The van der Waals surface area contributed by atoms with Crippen LogP contribution < -0.4 is 4.74 Å². The maximum absolute atomic E-state index is 9.85. The summed E-state index contributed by atoms with van der Waals surface area (Å²) in [5.74, 6) is 1.06. The molecule has 0 amide bonds. The van der Waals surface area contributed by atoms with E-state index in [1.165, 1.54) is 0 Å². The van der Waals surface area contributed by atoms with Crippen molar-refractivity contribution in [3.8, 4) is 11.5 Å². The van der Waals surface area contributed by atoms with Crippen LogP contribution in [0.1, 0.15) is 17.2 Å². The third-order valence-electron chi connectivity index (χ3n) is 3.62. The summed E-state index contributed by atoms with van der Waals surface area (Å²) in [6.45, 7) is 0.570. The van der Waals surface area contributed by atoms with Crippen molar-refractivity contribution in [3.63, 3.8) is 0 Å². The van der Waals surface area contributed by atoms with Crippen molar-refractivity contribution in [2.45, 2.75) is 12.6 Å². The number of para-hydroxylation sites is 1. The van der Waals surface area contributed by atoms with Crippen LogP contribution in [0.4, 0.5) is 0 Å². The van der Waals surface area contributed by atoms with Crippen LogP contribution in [0.15, 0.2) is 48.5 Å². The first-order valence-corrected chi connectivity index (χ1v) is 6.87. The number of rotatable bonds is 6. The smallest absolute Gasteiger partial charge is 0.120 e. The zero-order valence-corrected chi connectivity index (χ0v) is 12.4. The number of hydrogen-bond donors (Lipinski definition) is 2. The molecule has 1 unspecified atom stereocenters. The zero-order chi connectivity index (χ0) is 15.2. The second-order valence-corrected chi connectivity index (χ2v) is 5.02. The van der Waals surface area contributed by atoms with Gasteiger partial charge < -0.3 is 14.9 Å². The maximum atomic E-state index is 9.85. The fourth-order valence-corrected chi connectivity index (χ4v) is 2.35. The third-order valence-corrected chi connectivity index (χ3v) is 3.62. The lowest BCUT2D eigenvalue weighted by atomic mass is 10.1. The van der Waals surface area contributed by atoms with E-state index in [9.17, 15) is 10.2 Å². The van der Waals surface area contributed by atoms with E-state index < -0.39 is 0 Å². The first-order chi connectivity index (χ1) is 10.2. The largest absolute Gasteiger partial charge is 0.508 e. The summed E-state index contributed by atoms with van der Waals surface area (Å²) in [4.78, 5) is 2.01. The quantitative estimate of drug-likeness (QED) is 0.857. The van der Waals surface area contributed by atoms with Gasteiger partial charge in [-0.15, -0.1) is 0 Å². The predicted molar refractivity (Wildman–Crippen MR) is 82.4 cm³/mol. The standard InChI is InChI=1S/C17H21NO3/c1-18(11-14-5-3-4-6-17(14)20)16(12-19)13-7-9-15(21-2)10-8-13/h3-10,16,19-20H,11-12H2,1-2H3. The average molecular weight is 287 g/mol. The highest BCUT2D eigenvalue weighted by atomic mass is 16.5. The molecule has 0 fully saturated rings. The average Bonchev–Trinajstić information content (AvgIpc) is 2.51. The monoisotopic (exact) mass is 287 g/mol. The van der Waals surface area contributed by atoms with E-state index in [1.807, 2.05) is 48.3 Å². The first-order valence-electron chi connectivity index (χ1n) is 6.87. The molecular formula is C17H21NO3. The molecule has 1 atom stereocenters. The summed E-state index contributed by atoms with van der Waals surface area (Å²) < 4.78 is 5.15. The van der Waals surface area contributed by atoms with Crippen LogP contribution in [0.25, 0.3) is 0 Å². The van der Waals surface area contributed by atoms with Crippen LogP contribution in [0, 0.1) is 0 Å². The molecule has 4 nitrogen and oxygen atoms in total. The van der Waals surface area contributed by atoms with Crippen molar-refractivity contribution in [2.75, 3.05) is 20.8 Å². The number of methoxy groups -OCH3 is 1. The Morgan fingerprint density at radius 3 is 2.33 bits per heavy atom. The van der Waals surface area contributed by atoms with Gasteiger partial charge >= 0.3 is 0 Å². The summed E-state index contributed by atoms with van der Waals surface area (Å²) in [7, 11) is 3.56. The van der Waals surface area contributed by atoms with Crippen LogP contribution in [0.5, 0.6) is 11.5 Å². The van der Waals surface area contributed by atoms with E-state index in [4.69, 9.17) is 4.74 Å². The molecule has 2 aromatic rings. The molecule has 0 saturated heterocycles. The Morgan fingerprint density at radius 2 is 1.76 bits per heavy atom. The third kappa shape index (κ3) is 3.74. The van der Waals surface area contributed by atoms with Crippen molar-refractivity contribution in [1.82, 2.24) is 4.90 Å². The molecule has 2 aromatic carbocycles. The summed E-state index contributed by atoms with van der Waals surface area (Å²) in [6, 6.07) is 14.8. The molecule has 0 spiro atoms. The maximum Gasteiger partial charge on any atom is 0.120 e. The van der Waals surface area contributed by atoms with Crippen LogP contribution in [-0.2, 0) is 6.54 Å². The minimum Gasteiger partial charge on any atom is -0.508 e. The van der Waals surface area contributed by atoms with Crippen LogP contribution in [0.3, 0.4) is 0 Å². The molecule has 0 aliphatic heterocycles. The van der Waals surface area contributed by atoms with Crippen LogP contribution in [0.2, 0.25) is 0 Å². The summed E-state index contributed by atoms with van der Waals surface area (Å²) in [6.07, 6.45) is 0. The lowest BCUT2D eigenvalue weighted by molar-refractivity contribution is 0.141. The minimum absolute atomic E-state index is 0.0103. The highest BCUT2D eigenvalue weighted by molar-refractivity contribution is 5.32. The van der Waals surface area contributed by atoms with Gasteiger partial charge in [0.15, 0.2) is 0 Å². The van der Waals surface area contributed by atoms with Gasteiger partial charge in [-0.25, -0.2) is 0 Å². The first kappa shape index (κ1) is 15.4. The van der Waals surface area contributed by atoms with Crippen molar-refractivity contribution in [1.29, 1.82) is 0 Å². The molecule has 0 bridgehead atoms. The lowest BCUT2D eigenvalue weighted by Crippen LogP contribution is -2.27. The number of hydrogen-bond acceptors (Lipinski definition) is 4. The zero-order valence-electron chi connectivity index (χ0n) is 12.4. The fourth-order valence-electron chi connectivity index (χ4n) is 2.35. The number of benzene rings is 2. The number of aromatic hydroxyl groups is 1. The number of nitrogens with zero attached hydrogens (tertiary/aromatic N) is 1. The Hall–Kier alpha value is -2.04. The molecule has 21 heavy (non-hydrogen) atoms. The predicted octanol–water partition coefficient (Wildman–Crippen LogP) is 2.57. The normalized spacial score (nSPS) is 12.4. The van der Waals surface area contributed by atoms with E-state index in [0.717, 1.165) is 16.9 Å². The van der Waals surface area contributed by atoms with E-state index in [2.05, 4.69) is 0 Å². The number of aliphatic hydroxyl groups excluding tert-OH is 1. The summed E-state index contributed by atoms with van der Waals surface area (Å²) in [5, 5.41) is 19.5. The van der Waals surface area contributed by atoms with Gasteiger partial charge in [0.05, 0.1) is 19.8 Å². The Labute approximate surface area is 125 Å². The summed E-state index contributed by atoms with van der Waals surface area (Å²) >= 11 is 0. The number of ether oxygens (including phenoxy) is 1. The highest BCUT2D eigenvalue weighted by Gasteiger charge is 2.17. The number of aliphatic hydroxyl groups is 1. The molecule has 112 valence electrons. The van der Waals surface area contributed by atoms with Crippen molar-refractivity contribution >= 4 is 0 Å². The molecular weight excluding hydrogens is 266 g/mol. The van der Waals surface area contributed by atoms with Crippen LogP contribution >= 0.6 is 0 Å². The van der Waals surface area contributed by atoms with Gasteiger partial charge in [0.25, 0.3) is 0 Å². The van der Waals surface area contributed by atoms with Crippen molar-refractivity contribution in [3.05, 3.63) is 59.7 Å². The van der Waals surface area contributed by atoms with Gasteiger partial charge in [-0.05, 0) is 30.8 Å². The van der Waals surface area contributed by atoms with Gasteiger partial charge in [-0.3, -0.25) is 4.90 Å². The number of likely N-dealkylation sites (N-methyl/N-ethyl adjacent to an activating group) is 1. The van der Waals surface area contributed by atoms with Gasteiger partial charge in [-0.1, -0.05) is 30.3 Å². The molecule has 0 heterocycles. The lowest BCUT2D eigenvalue weighted by Gasteiger charge is -2.27. The molecule has 2 N–H and O–H groups in total. The SMILES string of the molecule is COc1ccc(C(CO)N(C)Cc2ccccc2O)cc1. The molecule has 4 heteroatoms. The van der Waals surface area contributed by atoms with E-state index in [-0.39, 0.29) is 18.4 Å². The fraction of sp³-hybridized carbons (Fsp3) is 0.294. The highest BCUT2D eigenvalue weighted by Crippen LogP contribution is 2.25. The minimum atomic E-state index is -0.129. The topological polar surface area (TPSA) is 52.9 Å². The number of phenols is 1. The molecule has 0 aliphatic carbocycles. The second-order valence-electron chi connectivity index (χ2n) is 5.02. The van der Waals surface area contributed by atoms with Crippen molar-refractivity contribution in [2.24, 2.45) is 0 Å². The molecule has 0 aromatic heterocycles. The second kappa shape index (κ2) is 7.11. The van der Waals surface area contributed by atoms with E-state index in [0.29, 0.717) is 6.54 Å². The van der Waals surface area contributed by atoms with Crippen LogP contribution in [-0.4, -0.2) is 35.9 Å². The van der Waals surface area contributed by atoms with Gasteiger partial charge in [-0.2, -0.15) is 0 Å². The Kier molecular flexibility index (Phi) is 5.20. The number of phenolic OH excluding ortho intramolecular Hbond substituents is 1. The van der Waals surface area contributed by atoms with E-state index in [1.54, 1.807) is 19.2 Å². The Balaban J connectivity index is 2.14. The van der Waals surface area contributed by atoms with Gasteiger partial charge in [0.1, 0.15) is 11.5 Å². The molecule has 0 radical (unpaired) electrons. The van der Waals surface area contributed by atoms with E-state index >= 15 is 0 Å². The van der Waals surface area contributed by atoms with Gasteiger partial charge in [0.2, 0.25) is 0 Å². The van der Waals surface area contributed by atoms with Gasteiger partial charge in [0, 0.05) is 12.1 Å². The Morgan fingerprint density at radius 1 is 1.10 bits per heavy atom. The Bertz CT molecular complexity index is 569. The molecule has 2 rings (SSSR count). The molecule has 0 saturated carbocycles. The summed E-state index contributed by atoms with van der Waals surface area (Å²) in [5.41, 5.74) is 1.85. The molecule has 0 aliphatic rings. The van der Waals surface area contributed by atoms with Crippen molar-refractivity contribution < 1.29 is 14.9 Å².